The number of hydrogen-bond donors (Lipinski definition) is 1. The third-order valence-corrected chi connectivity index (χ3v) is 8.43. The van der Waals surface area contributed by atoms with Crippen LogP contribution in [-0.2, 0) is 33.8 Å². The summed E-state index contributed by atoms with van der Waals surface area (Å²) in [5, 5.41) is 2.72. The minimum atomic E-state index is -0.471. The predicted molar refractivity (Wildman–Crippen MR) is 170 cm³/mol. The van der Waals surface area contributed by atoms with E-state index in [2.05, 4.69) is 40.5 Å². The summed E-state index contributed by atoms with van der Waals surface area (Å²) in [5.74, 6) is 1.31. The summed E-state index contributed by atoms with van der Waals surface area (Å²) >= 11 is 0. The van der Waals surface area contributed by atoms with Gasteiger partial charge in [0.05, 0.1) is 39.1 Å². The van der Waals surface area contributed by atoms with E-state index in [1.807, 2.05) is 48.5 Å². The minimum Gasteiger partial charge on any atom is -0.493 e. The number of likely N-dealkylation sites (tertiary alicyclic amines) is 1. The monoisotopic (exact) mass is 602 g/mol. The van der Waals surface area contributed by atoms with Crippen molar-refractivity contribution in [2.75, 3.05) is 40.0 Å². The molecule has 3 atom stereocenters. The Bertz CT molecular complexity index is 1270. The third-order valence-electron chi connectivity index (χ3n) is 8.43. The molecule has 3 aromatic rings. The molecule has 8 nitrogen and oxygen atoms in total. The van der Waals surface area contributed by atoms with Gasteiger partial charge in [0.1, 0.15) is 13.2 Å². The number of benzene rings is 3. The van der Waals surface area contributed by atoms with Crippen molar-refractivity contribution in [1.29, 1.82) is 0 Å². The predicted octanol–water partition coefficient (Wildman–Crippen LogP) is 6.16. The van der Waals surface area contributed by atoms with Crippen LogP contribution in [0.1, 0.15) is 48.8 Å². The van der Waals surface area contributed by atoms with Crippen LogP contribution in [-0.4, -0.2) is 69.2 Å². The molecule has 0 aromatic heterocycles. The highest BCUT2D eigenvalue weighted by molar-refractivity contribution is 5.67. The molecule has 8 heteroatoms. The SMILES string of the molecule is COc1cc(CCO[C@H]2CCCCC2N2CC[C@H](OCc3ccccc3)C2)ccc1OCCNC(=O)OCc1ccccc1. The molecule has 2 fully saturated rings. The van der Waals surface area contributed by atoms with Crippen molar-refractivity contribution in [2.24, 2.45) is 0 Å². The van der Waals surface area contributed by atoms with Gasteiger partial charge in [-0.15, -0.1) is 0 Å². The molecule has 1 amide bonds. The first-order valence-electron chi connectivity index (χ1n) is 15.9. The van der Waals surface area contributed by atoms with Crippen molar-refractivity contribution in [3.8, 4) is 11.5 Å². The Balaban J connectivity index is 1.01. The number of methoxy groups -OCH3 is 1. The van der Waals surface area contributed by atoms with Crippen molar-refractivity contribution >= 4 is 6.09 Å². The van der Waals surface area contributed by atoms with E-state index in [1.54, 1.807) is 7.11 Å². The number of ether oxygens (including phenoxy) is 5. The number of carbonyl (C=O) groups is 1. The number of carbonyl (C=O) groups excluding carboxylic acids is 1. The maximum Gasteiger partial charge on any atom is 0.407 e. The van der Waals surface area contributed by atoms with Gasteiger partial charge in [0.25, 0.3) is 0 Å². The molecular weight excluding hydrogens is 556 g/mol. The average molecular weight is 603 g/mol. The van der Waals surface area contributed by atoms with Crippen molar-refractivity contribution in [2.45, 2.75) is 70.0 Å². The van der Waals surface area contributed by atoms with Gasteiger partial charge in [0.2, 0.25) is 0 Å². The smallest absolute Gasteiger partial charge is 0.407 e. The standard InChI is InChI=1S/C36H46N2O6/c1-40-35-24-28(16-17-34(35)42-23-20-37-36(39)44-27-30-12-6-3-7-13-30)19-22-41-33-15-9-8-14-32(33)38-21-18-31(25-38)43-26-29-10-4-2-5-11-29/h2-7,10-13,16-17,24,31-33H,8-9,14-15,18-23,25-27H2,1H3,(H,37,39)/t31-,32?,33-/m0/s1. The average Bonchev–Trinajstić information content (AvgIpc) is 3.55. The molecule has 1 saturated carbocycles. The van der Waals surface area contributed by atoms with Crippen LogP contribution >= 0.6 is 0 Å². The maximum atomic E-state index is 12.0. The van der Waals surface area contributed by atoms with Gasteiger partial charge in [-0.05, 0) is 54.5 Å². The second-order valence-corrected chi connectivity index (χ2v) is 11.5. The fourth-order valence-corrected chi connectivity index (χ4v) is 6.07. The fourth-order valence-electron chi connectivity index (χ4n) is 6.07. The van der Waals surface area contributed by atoms with E-state index < -0.39 is 6.09 Å². The fraction of sp³-hybridized carbons (Fsp3) is 0.472. The zero-order valence-corrected chi connectivity index (χ0v) is 25.8. The van der Waals surface area contributed by atoms with Gasteiger partial charge in [0.15, 0.2) is 11.5 Å². The summed E-state index contributed by atoms with van der Waals surface area (Å²) in [5.41, 5.74) is 3.31. The Morgan fingerprint density at radius 2 is 1.57 bits per heavy atom. The van der Waals surface area contributed by atoms with Gasteiger partial charge < -0.3 is 29.0 Å². The highest BCUT2D eigenvalue weighted by Crippen LogP contribution is 2.31. The Morgan fingerprint density at radius 3 is 2.34 bits per heavy atom. The molecule has 0 bridgehead atoms. The van der Waals surface area contributed by atoms with E-state index in [-0.39, 0.29) is 18.8 Å². The van der Waals surface area contributed by atoms with Crippen molar-refractivity contribution < 1.29 is 28.5 Å². The van der Waals surface area contributed by atoms with Crippen LogP contribution in [0.15, 0.2) is 78.9 Å². The van der Waals surface area contributed by atoms with Crippen LogP contribution in [0.4, 0.5) is 4.79 Å². The van der Waals surface area contributed by atoms with E-state index in [9.17, 15) is 4.79 Å². The van der Waals surface area contributed by atoms with Crippen molar-refractivity contribution in [3.63, 3.8) is 0 Å². The first-order chi connectivity index (χ1) is 21.7. The summed E-state index contributed by atoms with van der Waals surface area (Å²) in [6, 6.07) is 26.5. The van der Waals surface area contributed by atoms with Gasteiger partial charge in [-0.3, -0.25) is 4.90 Å². The normalized spacial score (nSPS) is 20.2. The third kappa shape index (κ3) is 9.71. The van der Waals surface area contributed by atoms with E-state index in [0.717, 1.165) is 43.5 Å². The molecule has 1 saturated heterocycles. The molecule has 1 aliphatic carbocycles. The second kappa shape index (κ2) is 17.0. The number of amides is 1. The molecule has 44 heavy (non-hydrogen) atoms. The van der Waals surface area contributed by atoms with Gasteiger partial charge in [-0.25, -0.2) is 4.79 Å². The zero-order valence-electron chi connectivity index (χ0n) is 25.8. The summed E-state index contributed by atoms with van der Waals surface area (Å²) in [6.45, 7) is 4.27. The van der Waals surface area contributed by atoms with Gasteiger partial charge >= 0.3 is 6.09 Å². The van der Waals surface area contributed by atoms with Gasteiger partial charge in [-0.2, -0.15) is 0 Å². The largest absolute Gasteiger partial charge is 0.493 e. The molecule has 0 radical (unpaired) electrons. The number of hydrogen-bond acceptors (Lipinski definition) is 7. The highest BCUT2D eigenvalue weighted by Gasteiger charge is 2.35. The lowest BCUT2D eigenvalue weighted by Gasteiger charge is -2.38. The number of rotatable bonds is 15. The lowest BCUT2D eigenvalue weighted by Crippen LogP contribution is -2.46. The van der Waals surface area contributed by atoms with E-state index >= 15 is 0 Å². The second-order valence-electron chi connectivity index (χ2n) is 11.5. The van der Waals surface area contributed by atoms with Crippen LogP contribution in [0.3, 0.4) is 0 Å². The van der Waals surface area contributed by atoms with E-state index in [4.69, 9.17) is 23.7 Å². The summed E-state index contributed by atoms with van der Waals surface area (Å²) in [7, 11) is 1.64. The minimum absolute atomic E-state index is 0.233. The van der Waals surface area contributed by atoms with Crippen LogP contribution in [0.2, 0.25) is 0 Å². The van der Waals surface area contributed by atoms with Crippen LogP contribution < -0.4 is 14.8 Å². The van der Waals surface area contributed by atoms with Crippen molar-refractivity contribution in [3.05, 3.63) is 95.6 Å². The molecule has 1 unspecified atom stereocenters. The molecule has 0 spiro atoms. The first kappa shape index (κ1) is 31.8. The van der Waals surface area contributed by atoms with Crippen LogP contribution in [0.25, 0.3) is 0 Å². The molecule has 236 valence electrons. The maximum absolute atomic E-state index is 12.0. The summed E-state index contributed by atoms with van der Waals surface area (Å²) < 4.78 is 29.5. The highest BCUT2D eigenvalue weighted by atomic mass is 16.5. The Hall–Kier alpha value is -3.59. The molecular formula is C36H46N2O6. The van der Waals surface area contributed by atoms with E-state index in [1.165, 1.54) is 24.8 Å². The Kier molecular flexibility index (Phi) is 12.3. The van der Waals surface area contributed by atoms with Crippen LogP contribution in [0.5, 0.6) is 11.5 Å². The summed E-state index contributed by atoms with van der Waals surface area (Å²) in [4.78, 5) is 14.6. The molecule has 5 rings (SSSR count). The lowest BCUT2D eigenvalue weighted by molar-refractivity contribution is -0.0352. The molecule has 1 aliphatic heterocycles. The molecule has 3 aromatic carbocycles. The first-order valence-corrected chi connectivity index (χ1v) is 15.9. The van der Waals surface area contributed by atoms with E-state index in [0.29, 0.717) is 43.9 Å². The Labute approximate surface area is 261 Å². The lowest BCUT2D eigenvalue weighted by atomic mass is 9.91. The zero-order chi connectivity index (χ0) is 30.4. The number of nitrogens with zero attached hydrogens (tertiary/aromatic N) is 1. The van der Waals surface area contributed by atoms with Gasteiger partial charge in [0, 0.05) is 19.1 Å². The molecule has 2 aliphatic rings. The topological polar surface area (TPSA) is 78.5 Å². The molecule has 1 N–H and O–H groups in total. The van der Waals surface area contributed by atoms with Gasteiger partial charge in [-0.1, -0.05) is 79.6 Å². The summed E-state index contributed by atoms with van der Waals surface area (Å²) in [6.07, 6.45) is 6.75. The number of nitrogens with one attached hydrogen (secondary N) is 1. The molecule has 1 heterocycles. The van der Waals surface area contributed by atoms with Crippen molar-refractivity contribution in [1.82, 2.24) is 10.2 Å². The number of alkyl carbamates (subject to hydrolysis) is 1. The quantitative estimate of drug-likeness (QED) is 0.209. The van der Waals surface area contributed by atoms with Crippen LogP contribution in [0, 0.1) is 0 Å². The Morgan fingerprint density at radius 1 is 0.818 bits per heavy atom.